The van der Waals surface area contributed by atoms with E-state index >= 15 is 0 Å². The van der Waals surface area contributed by atoms with Crippen LogP contribution in [0.4, 0.5) is 0 Å². The molecule has 0 saturated carbocycles. The summed E-state index contributed by atoms with van der Waals surface area (Å²) in [5.41, 5.74) is 8.72. The number of fused-ring (bicyclic) bond motifs is 1. The number of hydrogen-bond acceptors (Lipinski definition) is 6. The molecule has 1 aliphatic heterocycles. The third-order valence-electron chi connectivity index (χ3n) is 5.37. The summed E-state index contributed by atoms with van der Waals surface area (Å²) < 4.78 is 18.1. The van der Waals surface area contributed by atoms with E-state index in [-0.39, 0.29) is 5.78 Å². The van der Waals surface area contributed by atoms with Crippen LogP contribution >= 0.6 is 0 Å². The number of nitrogens with zero attached hydrogens (tertiary/aromatic N) is 1. The first kappa shape index (κ1) is 21.4. The lowest BCUT2D eigenvalue weighted by molar-refractivity contribution is 0.0931. The second kappa shape index (κ2) is 9.09. The van der Waals surface area contributed by atoms with Crippen molar-refractivity contribution in [3.63, 3.8) is 0 Å². The molecule has 1 aliphatic rings. The van der Waals surface area contributed by atoms with Gasteiger partial charge in [0.05, 0.1) is 18.8 Å². The van der Waals surface area contributed by atoms with Gasteiger partial charge in [-0.1, -0.05) is 6.07 Å². The van der Waals surface area contributed by atoms with Crippen LogP contribution in [0.1, 0.15) is 56.9 Å². The molecule has 1 atom stereocenters. The highest BCUT2D eigenvalue weighted by atomic mass is 16.5. The number of carbonyl (C=O) groups is 2. The van der Waals surface area contributed by atoms with Crippen LogP contribution in [0.15, 0.2) is 54.9 Å². The minimum atomic E-state index is -0.558. The summed E-state index contributed by atoms with van der Waals surface area (Å²) in [6.07, 6.45) is 3.19. The van der Waals surface area contributed by atoms with Crippen molar-refractivity contribution in [2.75, 3.05) is 13.2 Å². The molecule has 0 saturated heterocycles. The Kier molecular flexibility index (Phi) is 6.07. The number of carbonyl (C=O) groups excluding carboxylic acids is 2. The zero-order valence-electron chi connectivity index (χ0n) is 18.0. The predicted octanol–water partition coefficient (Wildman–Crippen LogP) is 4.02. The van der Waals surface area contributed by atoms with Crippen LogP contribution in [-0.2, 0) is 0 Å². The fraction of sp³-hybridized carbons (Fsp3) is 0.240. The zero-order chi connectivity index (χ0) is 22.7. The summed E-state index contributed by atoms with van der Waals surface area (Å²) >= 11 is 0. The molecule has 0 bridgehead atoms. The van der Waals surface area contributed by atoms with E-state index in [9.17, 15) is 9.59 Å². The molecule has 2 aromatic carbocycles. The molecule has 0 fully saturated rings. The molecule has 1 amide bonds. The molecule has 164 valence electrons. The Morgan fingerprint density at radius 1 is 1.16 bits per heavy atom. The summed E-state index contributed by atoms with van der Waals surface area (Å²) in [5.74, 6) is 1.18. The standard InChI is InChI=1S/C25H24N2O5/c1-3-30-22-14-17(25(26)29)4-5-19(22)24(16-8-11-27-12-9-16)32-21-7-6-18-20(28)10-13-31-23(18)15(21)2/h4-9,11-12,14,24H,3,10,13H2,1-2H3,(H2,26,29)/t24-/m1/s1. The SMILES string of the molecule is CCOc1cc(C(N)=O)ccc1[C@H](Oc1ccc2c(c1C)OCCC2=O)c1ccncc1. The molecule has 2 N–H and O–H groups in total. The van der Waals surface area contributed by atoms with E-state index in [1.165, 1.54) is 0 Å². The number of aromatic nitrogens is 1. The van der Waals surface area contributed by atoms with Crippen LogP contribution in [-0.4, -0.2) is 29.9 Å². The van der Waals surface area contributed by atoms with Gasteiger partial charge in [0.25, 0.3) is 0 Å². The van der Waals surface area contributed by atoms with Crippen LogP contribution in [0.5, 0.6) is 17.2 Å². The molecule has 0 spiro atoms. The number of pyridine rings is 1. The fourth-order valence-electron chi connectivity index (χ4n) is 3.75. The molecule has 2 heterocycles. The number of nitrogens with two attached hydrogens (primary N) is 1. The monoisotopic (exact) mass is 432 g/mol. The van der Waals surface area contributed by atoms with Gasteiger partial charge in [-0.05, 0) is 50.2 Å². The third kappa shape index (κ3) is 4.14. The predicted molar refractivity (Wildman–Crippen MR) is 118 cm³/mol. The molecule has 0 radical (unpaired) electrons. The molecule has 0 aliphatic carbocycles. The number of rotatable bonds is 7. The Morgan fingerprint density at radius 2 is 1.94 bits per heavy atom. The van der Waals surface area contributed by atoms with E-state index in [0.717, 1.165) is 16.7 Å². The lowest BCUT2D eigenvalue weighted by atomic mass is 9.98. The van der Waals surface area contributed by atoms with Gasteiger partial charge in [-0.15, -0.1) is 0 Å². The number of primary amides is 1. The first-order valence-corrected chi connectivity index (χ1v) is 10.4. The van der Waals surface area contributed by atoms with Crippen LogP contribution in [0.25, 0.3) is 0 Å². The maximum atomic E-state index is 12.2. The minimum absolute atomic E-state index is 0.0623. The van der Waals surface area contributed by atoms with E-state index in [4.69, 9.17) is 19.9 Å². The smallest absolute Gasteiger partial charge is 0.248 e. The van der Waals surface area contributed by atoms with Crippen molar-refractivity contribution < 1.29 is 23.8 Å². The van der Waals surface area contributed by atoms with Gasteiger partial charge >= 0.3 is 0 Å². The minimum Gasteiger partial charge on any atom is -0.493 e. The zero-order valence-corrected chi connectivity index (χ0v) is 18.0. The highest BCUT2D eigenvalue weighted by molar-refractivity contribution is 6.00. The lowest BCUT2D eigenvalue weighted by Gasteiger charge is -2.25. The van der Waals surface area contributed by atoms with E-state index in [2.05, 4.69) is 4.98 Å². The maximum Gasteiger partial charge on any atom is 0.248 e. The van der Waals surface area contributed by atoms with Gasteiger partial charge in [0.2, 0.25) is 5.91 Å². The van der Waals surface area contributed by atoms with Crippen molar-refractivity contribution in [3.8, 4) is 17.2 Å². The van der Waals surface area contributed by atoms with Crippen LogP contribution in [0.2, 0.25) is 0 Å². The fourth-order valence-corrected chi connectivity index (χ4v) is 3.75. The number of Topliss-reactive ketones (excluding diaryl/α,β-unsaturated/α-hetero) is 1. The van der Waals surface area contributed by atoms with Gasteiger partial charge in [-0.2, -0.15) is 0 Å². The first-order valence-electron chi connectivity index (χ1n) is 10.4. The second-order valence-corrected chi connectivity index (χ2v) is 7.42. The molecule has 32 heavy (non-hydrogen) atoms. The number of ether oxygens (including phenoxy) is 3. The average Bonchev–Trinajstić information content (AvgIpc) is 2.80. The van der Waals surface area contributed by atoms with Crippen LogP contribution in [0, 0.1) is 6.92 Å². The van der Waals surface area contributed by atoms with Gasteiger partial charge < -0.3 is 19.9 Å². The highest BCUT2D eigenvalue weighted by Gasteiger charge is 2.26. The Morgan fingerprint density at radius 3 is 2.66 bits per heavy atom. The molecular formula is C25H24N2O5. The number of ketones is 1. The largest absolute Gasteiger partial charge is 0.493 e. The molecule has 3 aromatic rings. The number of hydrogen-bond donors (Lipinski definition) is 1. The normalized spacial score (nSPS) is 13.6. The summed E-state index contributed by atoms with van der Waals surface area (Å²) in [4.78, 5) is 28.0. The van der Waals surface area contributed by atoms with Gasteiger partial charge in [0.1, 0.15) is 17.2 Å². The Balaban J connectivity index is 1.80. The molecular weight excluding hydrogens is 408 g/mol. The van der Waals surface area contributed by atoms with Crippen molar-refractivity contribution in [2.45, 2.75) is 26.4 Å². The summed E-state index contributed by atoms with van der Waals surface area (Å²) in [6, 6.07) is 12.3. The first-order chi connectivity index (χ1) is 15.5. The third-order valence-corrected chi connectivity index (χ3v) is 5.37. The topological polar surface area (TPSA) is 101 Å². The molecule has 7 heteroatoms. The van der Waals surface area contributed by atoms with E-state index in [0.29, 0.717) is 48.0 Å². The van der Waals surface area contributed by atoms with Crippen molar-refractivity contribution in [1.29, 1.82) is 0 Å². The van der Waals surface area contributed by atoms with E-state index in [1.807, 2.05) is 26.0 Å². The van der Waals surface area contributed by atoms with Crippen LogP contribution < -0.4 is 19.9 Å². The Labute approximate surface area is 186 Å². The van der Waals surface area contributed by atoms with Gasteiger partial charge in [0, 0.05) is 41.1 Å². The van der Waals surface area contributed by atoms with Gasteiger partial charge in [0.15, 0.2) is 11.9 Å². The van der Waals surface area contributed by atoms with Crippen molar-refractivity contribution in [2.24, 2.45) is 5.73 Å². The van der Waals surface area contributed by atoms with E-state index < -0.39 is 12.0 Å². The van der Waals surface area contributed by atoms with Gasteiger partial charge in [-0.25, -0.2) is 0 Å². The van der Waals surface area contributed by atoms with E-state index in [1.54, 1.807) is 42.7 Å². The van der Waals surface area contributed by atoms with Crippen molar-refractivity contribution in [3.05, 3.63) is 82.7 Å². The van der Waals surface area contributed by atoms with Gasteiger partial charge in [-0.3, -0.25) is 14.6 Å². The molecule has 0 unspecified atom stereocenters. The lowest BCUT2D eigenvalue weighted by Crippen LogP contribution is -2.18. The second-order valence-electron chi connectivity index (χ2n) is 7.42. The summed E-state index contributed by atoms with van der Waals surface area (Å²) in [6.45, 7) is 4.50. The van der Waals surface area contributed by atoms with Crippen molar-refractivity contribution >= 4 is 11.7 Å². The Hall–Kier alpha value is -3.87. The quantitative estimate of drug-likeness (QED) is 0.605. The number of benzene rings is 2. The maximum absolute atomic E-state index is 12.2. The summed E-state index contributed by atoms with van der Waals surface area (Å²) in [7, 11) is 0. The highest BCUT2D eigenvalue weighted by Crippen LogP contribution is 2.40. The average molecular weight is 432 g/mol. The molecule has 7 nitrogen and oxygen atoms in total. The van der Waals surface area contributed by atoms with Crippen molar-refractivity contribution in [1.82, 2.24) is 4.98 Å². The summed E-state index contributed by atoms with van der Waals surface area (Å²) in [5, 5.41) is 0. The Bertz CT molecular complexity index is 1160. The van der Waals surface area contributed by atoms with Crippen LogP contribution in [0.3, 0.4) is 0 Å². The number of amides is 1. The molecule has 1 aromatic heterocycles. The molecule has 4 rings (SSSR count).